The summed E-state index contributed by atoms with van der Waals surface area (Å²) in [5.41, 5.74) is 4.34. The van der Waals surface area contributed by atoms with Crippen molar-refractivity contribution < 1.29 is 19.3 Å². The molecule has 1 saturated heterocycles. The van der Waals surface area contributed by atoms with E-state index in [0.717, 1.165) is 49.7 Å². The van der Waals surface area contributed by atoms with Crippen molar-refractivity contribution in [2.24, 2.45) is 0 Å². The number of carbonyl (C=O) groups is 1. The molecule has 1 heterocycles. The lowest BCUT2D eigenvalue weighted by Crippen LogP contribution is -3.28. The summed E-state index contributed by atoms with van der Waals surface area (Å²) in [5.74, 6) is 1.01. The van der Waals surface area contributed by atoms with Gasteiger partial charge in [0.25, 0.3) is 5.91 Å². The van der Waals surface area contributed by atoms with E-state index in [1.165, 1.54) is 16.0 Å². The van der Waals surface area contributed by atoms with Gasteiger partial charge < -0.3 is 19.9 Å². The normalized spacial score (nSPS) is 19.3. The van der Waals surface area contributed by atoms with Crippen LogP contribution in [-0.4, -0.2) is 45.7 Å². The van der Waals surface area contributed by atoms with Gasteiger partial charge in [0.1, 0.15) is 38.5 Å². The molecule has 150 valence electrons. The van der Waals surface area contributed by atoms with Crippen LogP contribution in [0.25, 0.3) is 0 Å². The Morgan fingerprint density at radius 3 is 2.50 bits per heavy atom. The molecular formula is C22H30ClN3O2+2. The van der Waals surface area contributed by atoms with E-state index < -0.39 is 0 Å². The Bertz CT molecular complexity index is 833. The van der Waals surface area contributed by atoms with Crippen LogP contribution >= 0.6 is 11.6 Å². The topological polar surface area (TPSA) is 47.2 Å². The minimum absolute atomic E-state index is 0.0455. The van der Waals surface area contributed by atoms with E-state index in [9.17, 15) is 4.79 Å². The van der Waals surface area contributed by atoms with E-state index in [2.05, 4.69) is 24.4 Å². The second-order valence-electron chi connectivity index (χ2n) is 7.68. The highest BCUT2D eigenvalue weighted by molar-refractivity contribution is 6.31. The van der Waals surface area contributed by atoms with Gasteiger partial charge in [-0.05, 0) is 43.7 Å². The quantitative estimate of drug-likeness (QED) is 0.670. The van der Waals surface area contributed by atoms with Gasteiger partial charge in [-0.25, -0.2) is 0 Å². The largest absolute Gasteiger partial charge is 0.496 e. The monoisotopic (exact) mass is 403 g/mol. The summed E-state index contributed by atoms with van der Waals surface area (Å²) in [5, 5.41) is 3.64. The molecule has 2 aromatic carbocycles. The van der Waals surface area contributed by atoms with Crippen LogP contribution in [0.5, 0.6) is 5.75 Å². The first kappa shape index (κ1) is 20.6. The summed E-state index contributed by atoms with van der Waals surface area (Å²) < 4.78 is 5.51. The number of quaternary nitrogens is 2. The van der Waals surface area contributed by atoms with Gasteiger partial charge in [0.05, 0.1) is 7.11 Å². The van der Waals surface area contributed by atoms with Crippen LogP contribution in [0.4, 0.5) is 5.69 Å². The van der Waals surface area contributed by atoms with Crippen molar-refractivity contribution in [1.29, 1.82) is 0 Å². The summed E-state index contributed by atoms with van der Waals surface area (Å²) in [6.45, 7) is 9.63. The number of methoxy groups -OCH3 is 1. The molecule has 0 saturated carbocycles. The number of nitrogens with one attached hydrogen (secondary N) is 3. The Balaban J connectivity index is 1.49. The smallest absolute Gasteiger partial charge is 0.279 e. The second kappa shape index (κ2) is 9.41. The molecule has 6 heteroatoms. The minimum atomic E-state index is 0.0455. The van der Waals surface area contributed by atoms with Crippen LogP contribution in [0.2, 0.25) is 5.02 Å². The van der Waals surface area contributed by atoms with E-state index in [4.69, 9.17) is 16.3 Å². The molecule has 0 radical (unpaired) electrons. The fraction of sp³-hybridized carbons (Fsp3) is 0.409. The first-order chi connectivity index (χ1) is 13.4. The van der Waals surface area contributed by atoms with Crippen molar-refractivity contribution in [3.63, 3.8) is 0 Å². The predicted molar refractivity (Wildman–Crippen MR) is 113 cm³/mol. The molecule has 3 rings (SSSR count). The number of hydrogen-bond acceptors (Lipinski definition) is 2. The molecule has 0 atom stereocenters. The van der Waals surface area contributed by atoms with E-state index in [-0.39, 0.29) is 5.91 Å². The summed E-state index contributed by atoms with van der Waals surface area (Å²) in [6, 6.07) is 11.9. The van der Waals surface area contributed by atoms with E-state index in [1.807, 2.05) is 25.1 Å². The Morgan fingerprint density at radius 1 is 1.07 bits per heavy atom. The highest BCUT2D eigenvalue weighted by atomic mass is 35.5. The Labute approximate surface area is 172 Å². The van der Waals surface area contributed by atoms with Gasteiger partial charge in [-0.1, -0.05) is 29.3 Å². The zero-order valence-electron chi connectivity index (χ0n) is 16.9. The molecule has 0 aliphatic carbocycles. The van der Waals surface area contributed by atoms with Crippen molar-refractivity contribution in [3.8, 4) is 5.75 Å². The van der Waals surface area contributed by atoms with E-state index in [1.54, 1.807) is 18.1 Å². The second-order valence-corrected chi connectivity index (χ2v) is 8.11. The molecular weight excluding hydrogens is 374 g/mol. The van der Waals surface area contributed by atoms with Crippen LogP contribution in [-0.2, 0) is 11.3 Å². The Hall–Kier alpha value is -2.08. The molecule has 0 bridgehead atoms. The average Bonchev–Trinajstić information content (AvgIpc) is 2.66. The number of rotatable bonds is 6. The summed E-state index contributed by atoms with van der Waals surface area (Å²) in [4.78, 5) is 15.3. The third-order valence-corrected chi connectivity index (χ3v) is 5.66. The minimum Gasteiger partial charge on any atom is -0.496 e. The van der Waals surface area contributed by atoms with Gasteiger partial charge in [-0.15, -0.1) is 0 Å². The number of halogens is 1. The maximum absolute atomic E-state index is 12.4. The predicted octanol–water partition coefficient (Wildman–Crippen LogP) is 0.888. The lowest BCUT2D eigenvalue weighted by Gasteiger charge is -2.29. The number of piperazine rings is 1. The number of aryl methyl sites for hydroxylation is 2. The third kappa shape index (κ3) is 5.47. The number of benzene rings is 2. The number of amides is 1. The van der Waals surface area contributed by atoms with E-state index >= 15 is 0 Å². The molecule has 28 heavy (non-hydrogen) atoms. The SMILES string of the molecule is COc1ccc(C)cc1C[NH+]1CC[NH+](CC(=O)Nc2cc(Cl)ccc2C)CC1. The van der Waals surface area contributed by atoms with Crippen molar-refractivity contribution in [2.45, 2.75) is 20.4 Å². The highest BCUT2D eigenvalue weighted by Crippen LogP contribution is 2.20. The molecule has 0 spiro atoms. The van der Waals surface area contributed by atoms with Gasteiger partial charge in [-0.2, -0.15) is 0 Å². The average molecular weight is 404 g/mol. The van der Waals surface area contributed by atoms with E-state index in [0.29, 0.717) is 11.6 Å². The molecule has 1 fully saturated rings. The van der Waals surface area contributed by atoms with Gasteiger partial charge in [0, 0.05) is 16.3 Å². The molecule has 2 aromatic rings. The third-order valence-electron chi connectivity index (χ3n) is 5.42. The molecule has 3 N–H and O–H groups in total. The highest BCUT2D eigenvalue weighted by Gasteiger charge is 2.25. The molecule has 0 aromatic heterocycles. The van der Waals surface area contributed by atoms with Crippen molar-refractivity contribution in [2.75, 3.05) is 45.2 Å². The lowest BCUT2D eigenvalue weighted by molar-refractivity contribution is -1.02. The Morgan fingerprint density at radius 2 is 1.79 bits per heavy atom. The summed E-state index contributed by atoms with van der Waals surface area (Å²) in [6.07, 6.45) is 0. The van der Waals surface area contributed by atoms with Crippen LogP contribution in [0.3, 0.4) is 0 Å². The van der Waals surface area contributed by atoms with Gasteiger partial charge in [0.15, 0.2) is 6.54 Å². The van der Waals surface area contributed by atoms with Crippen molar-refractivity contribution >= 4 is 23.2 Å². The van der Waals surface area contributed by atoms with Crippen molar-refractivity contribution in [3.05, 3.63) is 58.1 Å². The van der Waals surface area contributed by atoms with Gasteiger partial charge in [0.2, 0.25) is 0 Å². The van der Waals surface area contributed by atoms with Crippen LogP contribution in [0, 0.1) is 13.8 Å². The number of carbonyl (C=O) groups excluding carboxylic acids is 1. The van der Waals surface area contributed by atoms with Crippen molar-refractivity contribution in [1.82, 2.24) is 0 Å². The summed E-state index contributed by atoms with van der Waals surface area (Å²) in [7, 11) is 1.73. The molecule has 1 aliphatic heterocycles. The van der Waals surface area contributed by atoms with Gasteiger partial charge in [-0.3, -0.25) is 4.79 Å². The zero-order valence-corrected chi connectivity index (χ0v) is 17.7. The summed E-state index contributed by atoms with van der Waals surface area (Å²) >= 11 is 6.04. The fourth-order valence-electron chi connectivity index (χ4n) is 3.78. The lowest BCUT2D eigenvalue weighted by atomic mass is 10.1. The van der Waals surface area contributed by atoms with Crippen LogP contribution in [0.15, 0.2) is 36.4 Å². The number of anilines is 1. The zero-order chi connectivity index (χ0) is 20.1. The fourth-order valence-corrected chi connectivity index (χ4v) is 3.95. The first-order valence-electron chi connectivity index (χ1n) is 9.81. The number of hydrogen-bond donors (Lipinski definition) is 3. The first-order valence-corrected chi connectivity index (χ1v) is 10.2. The number of ether oxygens (including phenoxy) is 1. The molecule has 0 unspecified atom stereocenters. The van der Waals surface area contributed by atoms with Gasteiger partial charge >= 0.3 is 0 Å². The maximum Gasteiger partial charge on any atom is 0.279 e. The maximum atomic E-state index is 12.4. The molecule has 5 nitrogen and oxygen atoms in total. The Kier molecular flexibility index (Phi) is 6.94. The van der Waals surface area contributed by atoms with Crippen LogP contribution in [0.1, 0.15) is 16.7 Å². The van der Waals surface area contributed by atoms with Crippen LogP contribution < -0.4 is 19.9 Å². The standard InChI is InChI=1S/C22H28ClN3O2/c1-16-4-7-21(28-3)18(12-16)14-25-8-10-26(11-9-25)15-22(27)24-20-13-19(23)6-5-17(20)2/h4-7,12-13H,8-11,14-15H2,1-3H3,(H,24,27)/p+2. The molecule has 1 aliphatic rings. The molecule has 1 amide bonds.